The van der Waals surface area contributed by atoms with Crippen molar-refractivity contribution in [2.45, 2.75) is 74.1 Å². The summed E-state index contributed by atoms with van der Waals surface area (Å²) in [7, 11) is 0. The van der Waals surface area contributed by atoms with Crippen LogP contribution in [0.3, 0.4) is 0 Å². The summed E-state index contributed by atoms with van der Waals surface area (Å²) >= 11 is 0. The molecule has 5 nitrogen and oxygen atoms in total. The van der Waals surface area contributed by atoms with Crippen molar-refractivity contribution in [3.05, 3.63) is 47.6 Å². The first-order chi connectivity index (χ1) is 14.2. The molecule has 0 saturated carbocycles. The molecule has 4 aliphatic heterocycles. The third-order valence-electron chi connectivity index (χ3n) is 6.71. The van der Waals surface area contributed by atoms with E-state index < -0.39 is 0 Å². The van der Waals surface area contributed by atoms with Crippen LogP contribution in [0.2, 0.25) is 0 Å². The Balaban J connectivity index is 1.20. The molecule has 0 aromatic heterocycles. The quantitative estimate of drug-likeness (QED) is 0.528. The number of epoxide rings is 4. The lowest BCUT2D eigenvalue weighted by Crippen LogP contribution is -2.45. The summed E-state index contributed by atoms with van der Waals surface area (Å²) in [6.45, 7) is 3.51. The van der Waals surface area contributed by atoms with Gasteiger partial charge in [0.1, 0.15) is 0 Å². The molecule has 2 aliphatic carbocycles. The maximum atomic E-state index is 7.06. The van der Waals surface area contributed by atoms with Crippen molar-refractivity contribution in [1.29, 1.82) is 0 Å². The van der Waals surface area contributed by atoms with Crippen LogP contribution in [0, 0.1) is 0 Å². The van der Waals surface area contributed by atoms with E-state index in [-0.39, 0.29) is 11.2 Å². The first-order valence-electron chi connectivity index (χ1n) is 11.1. The van der Waals surface area contributed by atoms with E-state index in [9.17, 15) is 0 Å². The van der Waals surface area contributed by atoms with E-state index in [1.54, 1.807) is 0 Å². The van der Waals surface area contributed by atoms with Crippen molar-refractivity contribution in [1.82, 2.24) is 0 Å². The number of hydrogen-bond acceptors (Lipinski definition) is 5. The van der Waals surface area contributed by atoms with Gasteiger partial charge in [0.25, 0.3) is 0 Å². The smallest absolute Gasteiger partial charge is 0.0937 e. The van der Waals surface area contributed by atoms with E-state index in [4.69, 9.17) is 23.7 Å². The van der Waals surface area contributed by atoms with Crippen molar-refractivity contribution >= 4 is 0 Å². The second-order valence-corrected chi connectivity index (χ2v) is 9.50. The van der Waals surface area contributed by atoms with Crippen LogP contribution in [-0.4, -0.2) is 62.0 Å². The zero-order valence-electron chi connectivity index (χ0n) is 16.9. The van der Waals surface area contributed by atoms with Gasteiger partial charge >= 0.3 is 0 Å². The topological polar surface area (TPSA) is 59.4 Å². The monoisotopic (exact) mass is 398 g/mol. The van der Waals surface area contributed by atoms with Crippen molar-refractivity contribution in [2.24, 2.45) is 0 Å². The average Bonchev–Trinajstić information content (AvgIpc) is 3.52. The summed E-state index contributed by atoms with van der Waals surface area (Å²) in [6, 6.07) is 0. The van der Waals surface area contributed by atoms with Crippen LogP contribution in [-0.2, 0) is 23.7 Å². The Labute approximate surface area is 172 Å². The normalized spacial score (nSPS) is 44.3. The van der Waals surface area contributed by atoms with E-state index in [0.717, 1.165) is 65.0 Å². The highest BCUT2D eigenvalue weighted by Gasteiger charge is 2.46. The molecule has 4 fully saturated rings. The summed E-state index contributed by atoms with van der Waals surface area (Å²) in [5, 5.41) is 0. The van der Waals surface area contributed by atoms with Crippen LogP contribution in [0.25, 0.3) is 0 Å². The van der Waals surface area contributed by atoms with Crippen LogP contribution in [0.4, 0.5) is 0 Å². The van der Waals surface area contributed by atoms with Gasteiger partial charge in [0, 0.05) is 25.7 Å². The van der Waals surface area contributed by atoms with Gasteiger partial charge in [-0.1, -0.05) is 36.5 Å². The van der Waals surface area contributed by atoms with Gasteiger partial charge < -0.3 is 23.7 Å². The van der Waals surface area contributed by atoms with Crippen LogP contribution in [0.1, 0.15) is 38.5 Å². The van der Waals surface area contributed by atoms with Gasteiger partial charge in [-0.3, -0.25) is 0 Å². The molecule has 6 rings (SSSR count). The molecule has 5 heteroatoms. The molecule has 4 heterocycles. The summed E-state index contributed by atoms with van der Waals surface area (Å²) in [5.41, 5.74) is 2.13. The molecule has 0 amide bonds. The number of ether oxygens (including phenoxy) is 5. The molecule has 0 aromatic carbocycles. The minimum atomic E-state index is -0.306. The largest absolute Gasteiger partial charge is 0.373 e. The highest BCUT2D eigenvalue weighted by atomic mass is 16.6. The van der Waals surface area contributed by atoms with Crippen LogP contribution < -0.4 is 0 Å². The zero-order valence-corrected chi connectivity index (χ0v) is 16.9. The second kappa shape index (κ2) is 7.17. The molecule has 0 spiro atoms. The Hall–Kier alpha value is -1.24. The molecule has 6 atom stereocenters. The van der Waals surface area contributed by atoms with Crippen molar-refractivity contribution in [3.63, 3.8) is 0 Å². The second-order valence-electron chi connectivity index (χ2n) is 9.50. The molecule has 0 aromatic rings. The summed E-state index contributed by atoms with van der Waals surface area (Å²) < 4.78 is 29.1. The zero-order chi connectivity index (χ0) is 19.3. The summed E-state index contributed by atoms with van der Waals surface area (Å²) in [6.07, 6.45) is 21.0. The Morgan fingerprint density at radius 2 is 1.10 bits per heavy atom. The Bertz CT molecular complexity index is 702. The molecule has 0 bridgehead atoms. The van der Waals surface area contributed by atoms with Gasteiger partial charge in [0.05, 0.1) is 62.0 Å². The van der Waals surface area contributed by atoms with E-state index in [1.807, 2.05) is 0 Å². The molecule has 156 valence electrons. The molecule has 29 heavy (non-hydrogen) atoms. The standard InChI is InChI=1S/C24H30O5/c1-5-23(11-21-15-27-21,6-2-17(1)9-19-13-25-19)29-24(12-22-16-28-22)7-3-18(4-8-24)10-20-14-26-20/h1-5,7,19-22H,6,8-16H2. The van der Waals surface area contributed by atoms with E-state index >= 15 is 0 Å². The van der Waals surface area contributed by atoms with Gasteiger partial charge in [-0.05, 0) is 24.0 Å². The fraction of sp³-hybridized carbons (Fsp3) is 0.667. The number of hydrogen-bond donors (Lipinski definition) is 0. The van der Waals surface area contributed by atoms with Crippen LogP contribution in [0.5, 0.6) is 0 Å². The van der Waals surface area contributed by atoms with Crippen molar-refractivity contribution in [3.8, 4) is 0 Å². The number of allylic oxidation sites excluding steroid dienone is 2. The Morgan fingerprint density at radius 3 is 1.41 bits per heavy atom. The highest BCUT2D eigenvalue weighted by Crippen LogP contribution is 2.44. The van der Waals surface area contributed by atoms with Crippen molar-refractivity contribution in [2.75, 3.05) is 26.4 Å². The molecular formula is C24H30O5. The molecule has 0 radical (unpaired) electrons. The lowest BCUT2D eigenvalue weighted by Gasteiger charge is -2.43. The van der Waals surface area contributed by atoms with Gasteiger partial charge in [-0.15, -0.1) is 0 Å². The van der Waals surface area contributed by atoms with Crippen molar-refractivity contribution < 1.29 is 23.7 Å². The lowest BCUT2D eigenvalue weighted by molar-refractivity contribution is -0.118. The number of rotatable bonds is 10. The highest BCUT2D eigenvalue weighted by molar-refractivity contribution is 5.33. The fourth-order valence-corrected chi connectivity index (χ4v) is 4.68. The summed E-state index contributed by atoms with van der Waals surface area (Å²) in [4.78, 5) is 0. The lowest BCUT2D eigenvalue weighted by atomic mass is 9.82. The summed E-state index contributed by atoms with van der Waals surface area (Å²) in [5.74, 6) is 0. The van der Waals surface area contributed by atoms with Gasteiger partial charge in [-0.25, -0.2) is 0 Å². The van der Waals surface area contributed by atoms with Crippen LogP contribution in [0.15, 0.2) is 47.6 Å². The minimum absolute atomic E-state index is 0.306. The SMILES string of the molecule is C1=CC(CC2CO2)(OC2(CC3CO3)C=CC(CC3CO3)=CC2)CC=C1CC1CO1. The Morgan fingerprint density at radius 1 is 0.690 bits per heavy atom. The third kappa shape index (κ3) is 4.75. The maximum Gasteiger partial charge on any atom is 0.0937 e. The fourth-order valence-electron chi connectivity index (χ4n) is 4.68. The van der Waals surface area contributed by atoms with Gasteiger partial charge in [0.2, 0.25) is 0 Å². The Kier molecular flexibility index (Phi) is 4.58. The predicted octanol–water partition coefficient (Wildman–Crippen LogP) is 3.41. The van der Waals surface area contributed by atoms with Gasteiger partial charge in [0.15, 0.2) is 0 Å². The van der Waals surface area contributed by atoms with E-state index in [2.05, 4.69) is 36.5 Å². The third-order valence-corrected chi connectivity index (χ3v) is 6.71. The first kappa shape index (κ1) is 18.5. The minimum Gasteiger partial charge on any atom is -0.373 e. The molecule has 4 saturated heterocycles. The van der Waals surface area contributed by atoms with E-state index in [0.29, 0.717) is 24.4 Å². The van der Waals surface area contributed by atoms with E-state index in [1.165, 1.54) is 11.1 Å². The van der Waals surface area contributed by atoms with Gasteiger partial charge in [-0.2, -0.15) is 0 Å². The first-order valence-corrected chi connectivity index (χ1v) is 11.1. The molecule has 0 N–H and O–H groups in total. The maximum absolute atomic E-state index is 7.06. The predicted molar refractivity (Wildman–Crippen MR) is 108 cm³/mol. The molecule has 6 unspecified atom stereocenters. The molecular weight excluding hydrogens is 368 g/mol. The van der Waals surface area contributed by atoms with Crippen LogP contribution >= 0.6 is 0 Å². The molecule has 6 aliphatic rings. The average molecular weight is 398 g/mol.